The third kappa shape index (κ3) is 2.66. The highest BCUT2D eigenvalue weighted by Crippen LogP contribution is 2.44. The summed E-state index contributed by atoms with van der Waals surface area (Å²) in [5.74, 6) is 1.22. The van der Waals surface area contributed by atoms with Gasteiger partial charge >= 0.3 is 0 Å². The van der Waals surface area contributed by atoms with Crippen LogP contribution in [0.3, 0.4) is 0 Å². The van der Waals surface area contributed by atoms with Gasteiger partial charge in [0.05, 0.1) is 11.4 Å². The van der Waals surface area contributed by atoms with Gasteiger partial charge in [-0.3, -0.25) is 9.78 Å². The number of carbonyl (C=O) groups is 1. The lowest BCUT2D eigenvalue weighted by Crippen LogP contribution is -2.38. The maximum atomic E-state index is 12.8. The van der Waals surface area contributed by atoms with Crippen LogP contribution >= 0.6 is 0 Å². The predicted octanol–water partition coefficient (Wildman–Crippen LogP) is 3.04. The van der Waals surface area contributed by atoms with Crippen LogP contribution in [0.15, 0.2) is 36.7 Å². The van der Waals surface area contributed by atoms with E-state index in [1.165, 1.54) is 25.7 Å². The van der Waals surface area contributed by atoms with Crippen molar-refractivity contribution in [1.82, 2.24) is 25.3 Å². The minimum absolute atomic E-state index is 0.0977. The number of amides is 1. The standard InChI is InChI=1S/C20H21N5O/c1-12-18(20(26)22-19(13-5-6-13)14-7-8-14)23-24-25(12)17-4-2-3-15-11-21-10-9-16(15)17/h2-4,9-11,13-14,19H,5-8H2,1H3,(H,22,26). The molecule has 2 heterocycles. The third-order valence-corrected chi connectivity index (χ3v) is 5.55. The second-order valence-corrected chi connectivity index (χ2v) is 7.48. The zero-order valence-electron chi connectivity index (χ0n) is 14.7. The van der Waals surface area contributed by atoms with Crippen molar-refractivity contribution in [1.29, 1.82) is 0 Å². The quantitative estimate of drug-likeness (QED) is 0.770. The molecule has 2 aliphatic rings. The van der Waals surface area contributed by atoms with Gasteiger partial charge in [0.15, 0.2) is 5.69 Å². The van der Waals surface area contributed by atoms with Crippen LogP contribution in [-0.4, -0.2) is 31.9 Å². The summed E-state index contributed by atoms with van der Waals surface area (Å²) in [6.07, 6.45) is 8.53. The average molecular weight is 347 g/mol. The molecule has 5 rings (SSSR count). The number of carbonyl (C=O) groups excluding carboxylic acids is 1. The molecule has 1 aromatic carbocycles. The first-order valence-corrected chi connectivity index (χ1v) is 9.28. The van der Waals surface area contributed by atoms with Crippen LogP contribution < -0.4 is 5.32 Å². The van der Waals surface area contributed by atoms with E-state index >= 15 is 0 Å². The Morgan fingerprint density at radius 2 is 1.96 bits per heavy atom. The number of hydrogen-bond acceptors (Lipinski definition) is 4. The maximum absolute atomic E-state index is 12.8. The van der Waals surface area contributed by atoms with Crippen molar-refractivity contribution in [3.63, 3.8) is 0 Å². The second kappa shape index (κ2) is 5.90. The molecule has 2 aromatic heterocycles. The number of rotatable bonds is 5. The number of aromatic nitrogens is 4. The predicted molar refractivity (Wildman–Crippen MR) is 98.1 cm³/mol. The number of nitrogens with zero attached hydrogens (tertiary/aromatic N) is 4. The molecule has 0 aliphatic heterocycles. The van der Waals surface area contributed by atoms with E-state index < -0.39 is 0 Å². The first-order chi connectivity index (χ1) is 12.7. The highest BCUT2D eigenvalue weighted by molar-refractivity contribution is 5.94. The van der Waals surface area contributed by atoms with E-state index in [0.717, 1.165) is 22.2 Å². The molecule has 26 heavy (non-hydrogen) atoms. The van der Waals surface area contributed by atoms with Gasteiger partial charge in [0.25, 0.3) is 5.91 Å². The molecule has 0 atom stereocenters. The van der Waals surface area contributed by atoms with E-state index in [1.54, 1.807) is 10.9 Å². The molecule has 1 N–H and O–H groups in total. The van der Waals surface area contributed by atoms with Crippen LogP contribution in [0.2, 0.25) is 0 Å². The Kier molecular flexibility index (Phi) is 3.51. The monoisotopic (exact) mass is 347 g/mol. The summed E-state index contributed by atoms with van der Waals surface area (Å²) >= 11 is 0. The van der Waals surface area contributed by atoms with E-state index in [0.29, 0.717) is 23.6 Å². The summed E-state index contributed by atoms with van der Waals surface area (Å²) in [4.78, 5) is 17.0. The van der Waals surface area contributed by atoms with E-state index in [1.807, 2.05) is 37.4 Å². The fourth-order valence-corrected chi connectivity index (χ4v) is 3.81. The Bertz CT molecular complexity index is 970. The number of benzene rings is 1. The van der Waals surface area contributed by atoms with Crippen LogP contribution in [0.25, 0.3) is 16.5 Å². The summed E-state index contributed by atoms with van der Waals surface area (Å²) < 4.78 is 1.75. The van der Waals surface area contributed by atoms with Gasteiger partial charge in [0.2, 0.25) is 0 Å². The highest BCUT2D eigenvalue weighted by atomic mass is 16.2. The Hall–Kier alpha value is -2.76. The summed E-state index contributed by atoms with van der Waals surface area (Å²) in [7, 11) is 0. The Labute approximate surface area is 151 Å². The van der Waals surface area contributed by atoms with Gasteiger partial charge in [-0.15, -0.1) is 5.10 Å². The van der Waals surface area contributed by atoms with Gasteiger partial charge in [-0.2, -0.15) is 0 Å². The smallest absolute Gasteiger partial charge is 0.274 e. The summed E-state index contributed by atoms with van der Waals surface area (Å²) in [6.45, 7) is 1.90. The first-order valence-electron chi connectivity index (χ1n) is 9.28. The zero-order valence-corrected chi connectivity index (χ0v) is 14.7. The van der Waals surface area contributed by atoms with E-state index in [-0.39, 0.29) is 5.91 Å². The zero-order chi connectivity index (χ0) is 17.7. The van der Waals surface area contributed by atoms with Crippen molar-refractivity contribution >= 4 is 16.7 Å². The topological polar surface area (TPSA) is 72.7 Å². The van der Waals surface area contributed by atoms with Gasteiger partial charge in [-0.25, -0.2) is 4.68 Å². The Morgan fingerprint density at radius 1 is 1.19 bits per heavy atom. The summed E-state index contributed by atoms with van der Waals surface area (Å²) in [5, 5.41) is 13.8. The second-order valence-electron chi connectivity index (χ2n) is 7.48. The normalized spacial score (nSPS) is 17.0. The number of fused-ring (bicyclic) bond motifs is 1. The van der Waals surface area contributed by atoms with Gasteiger partial charge in [-0.1, -0.05) is 17.3 Å². The van der Waals surface area contributed by atoms with E-state index in [2.05, 4.69) is 20.6 Å². The molecule has 2 aliphatic carbocycles. The molecular formula is C20H21N5O. The first kappa shape index (κ1) is 15.5. The summed E-state index contributed by atoms with van der Waals surface area (Å²) in [6, 6.07) is 8.25. The molecule has 0 spiro atoms. The SMILES string of the molecule is Cc1c(C(=O)NC(C2CC2)C2CC2)nnn1-c1cccc2cnccc12. The molecule has 2 saturated carbocycles. The van der Waals surface area contributed by atoms with Crippen molar-refractivity contribution in [2.75, 3.05) is 0 Å². The molecule has 132 valence electrons. The molecule has 6 nitrogen and oxygen atoms in total. The lowest BCUT2D eigenvalue weighted by Gasteiger charge is -2.17. The number of hydrogen-bond donors (Lipinski definition) is 1. The Balaban J connectivity index is 1.47. The third-order valence-electron chi connectivity index (χ3n) is 5.55. The highest BCUT2D eigenvalue weighted by Gasteiger charge is 2.42. The molecule has 2 fully saturated rings. The van der Waals surface area contributed by atoms with Crippen molar-refractivity contribution in [3.05, 3.63) is 48.0 Å². The van der Waals surface area contributed by atoms with Crippen LogP contribution in [-0.2, 0) is 0 Å². The van der Waals surface area contributed by atoms with Crippen molar-refractivity contribution in [3.8, 4) is 5.69 Å². The molecule has 1 amide bonds. The van der Waals surface area contributed by atoms with Crippen LogP contribution in [0.4, 0.5) is 0 Å². The van der Waals surface area contributed by atoms with E-state index in [9.17, 15) is 4.79 Å². The minimum Gasteiger partial charge on any atom is -0.347 e. The number of nitrogens with one attached hydrogen (secondary N) is 1. The Morgan fingerprint density at radius 3 is 2.69 bits per heavy atom. The molecule has 3 aromatic rings. The van der Waals surface area contributed by atoms with Gasteiger partial charge in [0.1, 0.15) is 0 Å². The molecular weight excluding hydrogens is 326 g/mol. The van der Waals surface area contributed by atoms with Crippen LogP contribution in [0.1, 0.15) is 41.9 Å². The molecule has 0 unspecified atom stereocenters. The molecule has 0 radical (unpaired) electrons. The fourth-order valence-electron chi connectivity index (χ4n) is 3.81. The number of pyridine rings is 1. The lowest BCUT2D eigenvalue weighted by molar-refractivity contribution is 0.0920. The van der Waals surface area contributed by atoms with Crippen molar-refractivity contribution in [2.24, 2.45) is 11.8 Å². The molecule has 0 saturated heterocycles. The van der Waals surface area contributed by atoms with Crippen LogP contribution in [0.5, 0.6) is 0 Å². The largest absolute Gasteiger partial charge is 0.347 e. The van der Waals surface area contributed by atoms with Crippen molar-refractivity contribution < 1.29 is 4.79 Å². The fraction of sp³-hybridized carbons (Fsp3) is 0.400. The molecule has 6 heteroatoms. The van der Waals surface area contributed by atoms with Crippen molar-refractivity contribution in [2.45, 2.75) is 38.6 Å². The summed E-state index contributed by atoms with van der Waals surface area (Å²) in [5.41, 5.74) is 2.09. The van der Waals surface area contributed by atoms with E-state index in [4.69, 9.17) is 0 Å². The average Bonchev–Trinajstić information content (AvgIpc) is 3.58. The van der Waals surface area contributed by atoms with Gasteiger partial charge in [0, 0.05) is 29.2 Å². The minimum atomic E-state index is -0.0977. The maximum Gasteiger partial charge on any atom is 0.274 e. The van der Waals surface area contributed by atoms with Gasteiger partial charge < -0.3 is 5.32 Å². The van der Waals surface area contributed by atoms with Crippen LogP contribution in [0, 0.1) is 18.8 Å². The lowest BCUT2D eigenvalue weighted by atomic mass is 10.1. The molecule has 0 bridgehead atoms. The van der Waals surface area contributed by atoms with Gasteiger partial charge in [-0.05, 0) is 56.6 Å².